The molecule has 0 unspecified atom stereocenters. The molecular formula is C27H34ClF2N5O3. The fraction of sp³-hybridized carbons (Fsp3) is 0.630. The highest BCUT2D eigenvalue weighted by molar-refractivity contribution is 6.30. The van der Waals surface area contributed by atoms with Gasteiger partial charge in [-0.15, -0.1) is 0 Å². The molecule has 4 fully saturated rings. The molecule has 3 aliphatic heterocycles. The molecule has 3 amide bonds. The minimum atomic E-state index is -3.11. The zero-order valence-electron chi connectivity index (χ0n) is 21.6. The van der Waals surface area contributed by atoms with Crippen LogP contribution < -0.4 is 16.0 Å². The van der Waals surface area contributed by atoms with Crippen LogP contribution in [0.25, 0.3) is 0 Å². The molecule has 2 bridgehead atoms. The number of rotatable bonds is 9. The fourth-order valence-electron chi connectivity index (χ4n) is 6.03. The zero-order valence-corrected chi connectivity index (χ0v) is 22.3. The number of alkyl halides is 2. The van der Waals surface area contributed by atoms with Gasteiger partial charge in [-0.1, -0.05) is 31.5 Å². The maximum atomic E-state index is 15.1. The zero-order chi connectivity index (χ0) is 27.6. The van der Waals surface area contributed by atoms with E-state index >= 15 is 8.78 Å². The summed E-state index contributed by atoms with van der Waals surface area (Å²) in [6, 6.07) is 4.89. The Kier molecular flexibility index (Phi) is 8.46. The number of nitrogens with zero attached hydrogens (tertiary/aromatic N) is 2. The van der Waals surface area contributed by atoms with Gasteiger partial charge < -0.3 is 20.9 Å². The van der Waals surface area contributed by atoms with E-state index in [1.165, 1.54) is 4.90 Å². The first-order chi connectivity index (χ1) is 18.0. The first-order valence-electron chi connectivity index (χ1n) is 13.2. The summed E-state index contributed by atoms with van der Waals surface area (Å²) < 4.78 is 30.2. The SMILES string of the molecule is CC(C)C[C@H](Nc1cccc(Cl)c1)C(=O)N1[C@H]2CC[C@@H]([C@@H]1C(=O)N[C@H](C#N)C[C@H]1CCNC1=O)C(F)(F)C2. The topological polar surface area (TPSA) is 114 Å². The Bertz CT molecular complexity index is 1110. The average Bonchev–Trinajstić information content (AvgIpc) is 3.25. The molecule has 8 nitrogen and oxygen atoms in total. The second-order valence-electron chi connectivity index (χ2n) is 11.0. The number of hydrogen-bond acceptors (Lipinski definition) is 5. The van der Waals surface area contributed by atoms with E-state index < -0.39 is 60.2 Å². The first kappa shape index (κ1) is 28.1. The van der Waals surface area contributed by atoms with Crippen molar-refractivity contribution >= 4 is 35.0 Å². The fourth-order valence-corrected chi connectivity index (χ4v) is 6.22. The molecule has 3 N–H and O–H groups in total. The van der Waals surface area contributed by atoms with Crippen LogP contribution >= 0.6 is 11.6 Å². The van der Waals surface area contributed by atoms with Crippen molar-refractivity contribution < 1.29 is 23.2 Å². The Morgan fingerprint density at radius 2 is 2.05 bits per heavy atom. The van der Waals surface area contributed by atoms with E-state index in [9.17, 15) is 19.6 Å². The van der Waals surface area contributed by atoms with Crippen LogP contribution in [0.3, 0.4) is 0 Å². The minimum Gasteiger partial charge on any atom is -0.374 e. The van der Waals surface area contributed by atoms with Crippen molar-refractivity contribution in [3.05, 3.63) is 29.3 Å². The smallest absolute Gasteiger partial charge is 0.255 e. The van der Waals surface area contributed by atoms with Crippen molar-refractivity contribution in [1.82, 2.24) is 15.5 Å². The molecule has 11 heteroatoms. The van der Waals surface area contributed by atoms with Crippen molar-refractivity contribution in [3.8, 4) is 6.07 Å². The van der Waals surface area contributed by atoms with Gasteiger partial charge in [-0.2, -0.15) is 5.26 Å². The number of carbonyl (C=O) groups excluding carboxylic acids is 3. The molecule has 1 aliphatic carbocycles. The van der Waals surface area contributed by atoms with E-state index in [0.717, 1.165) is 0 Å². The van der Waals surface area contributed by atoms with Gasteiger partial charge in [0.15, 0.2) is 0 Å². The molecule has 206 valence electrons. The summed E-state index contributed by atoms with van der Waals surface area (Å²) in [5, 5.41) is 18.6. The Labute approximate surface area is 226 Å². The number of carbonyl (C=O) groups is 3. The number of piperidine rings is 2. The molecule has 1 aromatic rings. The number of halogens is 3. The molecule has 1 saturated carbocycles. The molecule has 3 heterocycles. The minimum absolute atomic E-state index is 0.0888. The summed E-state index contributed by atoms with van der Waals surface area (Å²) in [6.45, 7) is 4.40. The number of fused-ring (bicyclic) bond motifs is 3. The lowest BCUT2D eigenvalue weighted by molar-refractivity contribution is -0.194. The summed E-state index contributed by atoms with van der Waals surface area (Å²) in [5.41, 5.74) is 0.615. The highest BCUT2D eigenvalue weighted by Gasteiger charge is 2.61. The van der Waals surface area contributed by atoms with Crippen LogP contribution in [0.1, 0.15) is 52.4 Å². The third kappa shape index (κ3) is 6.04. The third-order valence-corrected chi connectivity index (χ3v) is 8.02. The van der Waals surface area contributed by atoms with Crippen molar-refractivity contribution in [3.63, 3.8) is 0 Å². The number of hydrogen-bond donors (Lipinski definition) is 3. The van der Waals surface area contributed by atoms with Crippen LogP contribution in [0, 0.1) is 29.1 Å². The Morgan fingerprint density at radius 1 is 1.29 bits per heavy atom. The van der Waals surface area contributed by atoms with E-state index in [1.807, 2.05) is 19.9 Å². The predicted molar refractivity (Wildman–Crippen MR) is 138 cm³/mol. The lowest BCUT2D eigenvalue weighted by atomic mass is 9.71. The quantitative estimate of drug-likeness (QED) is 0.434. The van der Waals surface area contributed by atoms with Crippen LogP contribution in [0.15, 0.2) is 24.3 Å². The second-order valence-corrected chi connectivity index (χ2v) is 11.5. The summed E-state index contributed by atoms with van der Waals surface area (Å²) in [6.07, 6.45) is 1.04. The summed E-state index contributed by atoms with van der Waals surface area (Å²) in [7, 11) is 0. The second kappa shape index (κ2) is 11.4. The van der Waals surface area contributed by atoms with Gasteiger partial charge in [0.2, 0.25) is 17.7 Å². The molecule has 3 saturated heterocycles. The van der Waals surface area contributed by atoms with E-state index in [4.69, 9.17) is 11.6 Å². The number of benzene rings is 1. The highest BCUT2D eigenvalue weighted by Crippen LogP contribution is 2.49. The largest absolute Gasteiger partial charge is 0.374 e. The number of nitrogens with one attached hydrogen (secondary N) is 3. The van der Waals surface area contributed by atoms with Gasteiger partial charge in [-0.05, 0) is 56.2 Å². The predicted octanol–water partition coefficient (Wildman–Crippen LogP) is 3.72. The molecule has 5 rings (SSSR count). The molecule has 38 heavy (non-hydrogen) atoms. The first-order valence-corrected chi connectivity index (χ1v) is 13.6. The molecule has 4 aliphatic rings. The summed E-state index contributed by atoms with van der Waals surface area (Å²) in [5.74, 6) is -6.18. The van der Waals surface area contributed by atoms with Crippen molar-refractivity contribution in [1.29, 1.82) is 5.26 Å². The van der Waals surface area contributed by atoms with Crippen molar-refractivity contribution in [2.24, 2.45) is 17.8 Å². The number of nitriles is 1. The van der Waals surface area contributed by atoms with Crippen LogP contribution in [0.5, 0.6) is 0 Å². The van der Waals surface area contributed by atoms with Gasteiger partial charge in [0, 0.05) is 35.6 Å². The molecule has 0 aromatic heterocycles. The van der Waals surface area contributed by atoms with Crippen molar-refractivity contribution in [2.45, 2.75) is 82.5 Å². The van der Waals surface area contributed by atoms with E-state index in [0.29, 0.717) is 36.5 Å². The maximum Gasteiger partial charge on any atom is 0.255 e. The summed E-state index contributed by atoms with van der Waals surface area (Å²) in [4.78, 5) is 40.9. The maximum absolute atomic E-state index is 15.1. The molecule has 1 aromatic carbocycles. The Morgan fingerprint density at radius 3 is 2.66 bits per heavy atom. The van der Waals surface area contributed by atoms with E-state index in [2.05, 4.69) is 16.0 Å². The van der Waals surface area contributed by atoms with Gasteiger partial charge in [-0.3, -0.25) is 14.4 Å². The monoisotopic (exact) mass is 549 g/mol. The number of amides is 3. The summed E-state index contributed by atoms with van der Waals surface area (Å²) >= 11 is 6.12. The molecular weight excluding hydrogens is 516 g/mol. The van der Waals surface area contributed by atoms with Crippen LogP contribution in [0.2, 0.25) is 5.02 Å². The van der Waals surface area contributed by atoms with E-state index in [1.54, 1.807) is 24.3 Å². The lowest BCUT2D eigenvalue weighted by Crippen LogP contribution is -2.70. The van der Waals surface area contributed by atoms with Crippen LogP contribution in [-0.4, -0.2) is 59.3 Å². The molecule has 6 atom stereocenters. The molecule has 0 spiro atoms. The van der Waals surface area contributed by atoms with Gasteiger partial charge >= 0.3 is 0 Å². The normalized spacial score (nSPS) is 27.4. The molecule has 0 radical (unpaired) electrons. The number of anilines is 1. The lowest BCUT2D eigenvalue weighted by Gasteiger charge is -2.54. The average molecular weight is 550 g/mol. The van der Waals surface area contributed by atoms with Gasteiger partial charge in [-0.25, -0.2) is 8.78 Å². The van der Waals surface area contributed by atoms with Gasteiger partial charge in [0.1, 0.15) is 18.1 Å². The van der Waals surface area contributed by atoms with Crippen LogP contribution in [-0.2, 0) is 14.4 Å². The van der Waals surface area contributed by atoms with Crippen molar-refractivity contribution in [2.75, 3.05) is 11.9 Å². The Balaban J connectivity index is 1.59. The standard InChI is InChI=1S/C27H34ClF2N5O3/c1-15(2)10-22(33-18-5-3-4-17(28)12-18)26(38)35-20-6-7-21(27(29,30)13-20)23(35)25(37)34-19(14-31)11-16-8-9-32-24(16)36/h3-5,12,15-16,19-23,33H,6-11,13H2,1-2H3,(H,32,36)(H,34,37)/t16-,19+,20+,21+,22+,23-/m1/s1. The van der Waals surface area contributed by atoms with Gasteiger partial charge in [0.05, 0.1) is 12.0 Å². The van der Waals surface area contributed by atoms with E-state index in [-0.39, 0.29) is 24.7 Å². The Hall–Kier alpha value is -2.93. The third-order valence-electron chi connectivity index (χ3n) is 7.78. The highest BCUT2D eigenvalue weighted by atomic mass is 35.5. The van der Waals surface area contributed by atoms with Crippen LogP contribution in [0.4, 0.5) is 14.5 Å². The van der Waals surface area contributed by atoms with Gasteiger partial charge in [0.25, 0.3) is 5.92 Å².